The summed E-state index contributed by atoms with van der Waals surface area (Å²) >= 11 is 0. The Kier molecular flexibility index (Phi) is 4.62. The minimum Gasteiger partial charge on any atom is -0.342 e. The first kappa shape index (κ1) is 19.2. The van der Waals surface area contributed by atoms with Crippen molar-refractivity contribution in [1.82, 2.24) is 15.0 Å². The van der Waals surface area contributed by atoms with Crippen LogP contribution in [0.4, 0.5) is 13.2 Å². The molecule has 2 aliphatic rings. The van der Waals surface area contributed by atoms with Crippen molar-refractivity contribution in [3.05, 3.63) is 23.0 Å². The predicted octanol–water partition coefficient (Wildman–Crippen LogP) is 4.73. The smallest absolute Gasteiger partial charge is 0.342 e. The molecular formula is C20H24F3N3O2. The monoisotopic (exact) mass is 395 g/mol. The van der Waals surface area contributed by atoms with E-state index in [0.717, 1.165) is 12.5 Å². The molecule has 0 aromatic carbocycles. The number of amides is 1. The maximum Gasteiger partial charge on any atom is 0.417 e. The van der Waals surface area contributed by atoms with Crippen molar-refractivity contribution in [3.63, 3.8) is 0 Å². The van der Waals surface area contributed by atoms with E-state index >= 15 is 0 Å². The van der Waals surface area contributed by atoms with E-state index in [1.807, 2.05) is 4.90 Å². The summed E-state index contributed by atoms with van der Waals surface area (Å²) < 4.78 is 46.4. The molecule has 1 saturated carbocycles. The fourth-order valence-corrected chi connectivity index (χ4v) is 4.06. The zero-order valence-corrected chi connectivity index (χ0v) is 16.2. The summed E-state index contributed by atoms with van der Waals surface area (Å²) in [6, 6.07) is 1.11. The second-order valence-electron chi connectivity index (χ2n) is 8.41. The first-order chi connectivity index (χ1) is 13.2. The number of hydrogen-bond acceptors (Lipinski definition) is 4. The van der Waals surface area contributed by atoms with Crippen LogP contribution < -0.4 is 0 Å². The third kappa shape index (κ3) is 3.37. The van der Waals surface area contributed by atoms with E-state index in [4.69, 9.17) is 4.52 Å². The van der Waals surface area contributed by atoms with Crippen molar-refractivity contribution < 1.29 is 22.5 Å². The minimum absolute atomic E-state index is 0.0301. The average molecular weight is 395 g/mol. The maximum absolute atomic E-state index is 13.7. The maximum atomic E-state index is 13.7. The van der Waals surface area contributed by atoms with Gasteiger partial charge in [0.05, 0.1) is 16.6 Å². The van der Waals surface area contributed by atoms with Gasteiger partial charge >= 0.3 is 6.18 Å². The van der Waals surface area contributed by atoms with Gasteiger partial charge in [-0.3, -0.25) is 4.79 Å². The van der Waals surface area contributed by atoms with Crippen LogP contribution in [0.2, 0.25) is 0 Å². The van der Waals surface area contributed by atoms with Gasteiger partial charge in [-0.2, -0.15) is 13.2 Å². The molecule has 0 N–H and O–H groups in total. The van der Waals surface area contributed by atoms with Gasteiger partial charge in [-0.15, -0.1) is 0 Å². The molecule has 8 heteroatoms. The lowest BCUT2D eigenvalue weighted by atomic mass is 9.90. The fraction of sp³-hybridized carbons (Fsp3) is 0.650. The molecule has 0 unspecified atom stereocenters. The SMILES string of the molecule is CC(C)c1cc(C(F)(F)F)c2c(C3CCN(C(=O)[C@H]4C[C@@H]4C)CC3)noc2n1. The van der Waals surface area contributed by atoms with E-state index in [0.29, 0.717) is 43.2 Å². The fourth-order valence-electron chi connectivity index (χ4n) is 4.06. The van der Waals surface area contributed by atoms with Crippen molar-refractivity contribution in [2.75, 3.05) is 13.1 Å². The van der Waals surface area contributed by atoms with E-state index in [2.05, 4.69) is 17.1 Å². The van der Waals surface area contributed by atoms with Crippen molar-refractivity contribution in [2.24, 2.45) is 11.8 Å². The highest BCUT2D eigenvalue weighted by atomic mass is 19.4. The second kappa shape index (κ2) is 6.74. The van der Waals surface area contributed by atoms with E-state index in [1.165, 1.54) is 0 Å². The molecule has 1 aliphatic heterocycles. The number of carbonyl (C=O) groups is 1. The number of piperidine rings is 1. The van der Waals surface area contributed by atoms with E-state index in [9.17, 15) is 18.0 Å². The van der Waals surface area contributed by atoms with Crippen LogP contribution >= 0.6 is 0 Å². The molecule has 152 valence electrons. The highest BCUT2D eigenvalue weighted by Crippen LogP contribution is 2.43. The van der Waals surface area contributed by atoms with Gasteiger partial charge in [0.1, 0.15) is 0 Å². The van der Waals surface area contributed by atoms with Crippen molar-refractivity contribution >= 4 is 17.0 Å². The first-order valence-electron chi connectivity index (χ1n) is 9.83. The van der Waals surface area contributed by atoms with Crippen LogP contribution in [0, 0.1) is 11.8 Å². The lowest BCUT2D eigenvalue weighted by Gasteiger charge is -2.31. The van der Waals surface area contributed by atoms with Crippen LogP contribution in [0.1, 0.15) is 68.8 Å². The van der Waals surface area contributed by atoms with E-state index < -0.39 is 11.7 Å². The Hall–Kier alpha value is -2.12. The number of halogens is 3. The quantitative estimate of drug-likeness (QED) is 0.754. The third-order valence-electron chi connectivity index (χ3n) is 6.01. The Morgan fingerprint density at radius 2 is 1.93 bits per heavy atom. The van der Waals surface area contributed by atoms with E-state index in [-0.39, 0.29) is 34.8 Å². The second-order valence-corrected chi connectivity index (χ2v) is 8.41. The molecule has 0 radical (unpaired) electrons. The standard InChI is InChI=1S/C20H24F3N3O2/c1-10(2)15-9-14(20(21,22)23)16-17(25-28-18(16)24-15)12-4-6-26(7-5-12)19(27)13-8-11(13)3/h9-13H,4-8H2,1-3H3/t11-,13-/m0/s1. The van der Waals surface area contributed by atoms with Crippen LogP contribution in [0.3, 0.4) is 0 Å². The zero-order chi connectivity index (χ0) is 20.2. The largest absolute Gasteiger partial charge is 0.417 e. The van der Waals surface area contributed by atoms with Gasteiger partial charge in [-0.25, -0.2) is 4.98 Å². The lowest BCUT2D eigenvalue weighted by molar-refractivity contribution is -0.136. The molecule has 4 rings (SSSR count). The minimum atomic E-state index is -4.51. The number of aromatic nitrogens is 2. The lowest BCUT2D eigenvalue weighted by Crippen LogP contribution is -2.39. The summed E-state index contributed by atoms with van der Waals surface area (Å²) in [7, 11) is 0. The van der Waals surface area contributed by atoms with Gasteiger partial charge in [-0.05, 0) is 37.2 Å². The molecule has 0 spiro atoms. The Bertz CT molecular complexity index is 898. The molecule has 2 aromatic heterocycles. The van der Waals surface area contributed by atoms with Gasteiger partial charge < -0.3 is 9.42 Å². The number of rotatable bonds is 3. The number of pyridine rings is 1. The number of likely N-dealkylation sites (tertiary alicyclic amines) is 1. The highest BCUT2D eigenvalue weighted by molar-refractivity contribution is 5.83. The number of alkyl halides is 3. The Balaban J connectivity index is 1.62. The summed E-state index contributed by atoms with van der Waals surface area (Å²) in [5, 5.41) is 3.95. The number of hydrogen-bond donors (Lipinski definition) is 0. The molecule has 2 fully saturated rings. The van der Waals surface area contributed by atoms with Gasteiger partial charge in [-0.1, -0.05) is 25.9 Å². The predicted molar refractivity (Wildman–Crippen MR) is 96.7 cm³/mol. The summed E-state index contributed by atoms with van der Waals surface area (Å²) in [5.41, 5.74) is -0.139. The van der Waals surface area contributed by atoms with Crippen molar-refractivity contribution in [2.45, 2.75) is 58.0 Å². The van der Waals surface area contributed by atoms with Crippen LogP contribution in [-0.4, -0.2) is 34.0 Å². The van der Waals surface area contributed by atoms with Crippen LogP contribution in [-0.2, 0) is 11.0 Å². The molecule has 1 amide bonds. The molecule has 3 heterocycles. The topological polar surface area (TPSA) is 59.2 Å². The summed E-state index contributed by atoms with van der Waals surface area (Å²) in [4.78, 5) is 18.5. The molecule has 1 aliphatic carbocycles. The molecule has 5 nitrogen and oxygen atoms in total. The molecule has 1 saturated heterocycles. The normalized spacial score (nSPS) is 23.6. The molecule has 2 aromatic rings. The molecule has 2 atom stereocenters. The summed E-state index contributed by atoms with van der Waals surface area (Å²) in [6.07, 6.45) is -2.41. The average Bonchev–Trinajstić information content (AvgIpc) is 3.22. The summed E-state index contributed by atoms with van der Waals surface area (Å²) in [5.74, 6) is 0.420. The van der Waals surface area contributed by atoms with Gasteiger partial charge in [0, 0.05) is 30.6 Å². The number of carbonyl (C=O) groups excluding carboxylic acids is 1. The first-order valence-corrected chi connectivity index (χ1v) is 9.83. The Labute approximate surface area is 161 Å². The molecule has 28 heavy (non-hydrogen) atoms. The number of nitrogens with zero attached hydrogens (tertiary/aromatic N) is 3. The number of fused-ring (bicyclic) bond motifs is 1. The van der Waals surface area contributed by atoms with Crippen LogP contribution in [0.5, 0.6) is 0 Å². The van der Waals surface area contributed by atoms with Crippen LogP contribution in [0.15, 0.2) is 10.6 Å². The van der Waals surface area contributed by atoms with Crippen LogP contribution in [0.25, 0.3) is 11.1 Å². The zero-order valence-electron chi connectivity index (χ0n) is 16.2. The third-order valence-corrected chi connectivity index (χ3v) is 6.01. The van der Waals surface area contributed by atoms with Gasteiger partial charge in [0.2, 0.25) is 5.91 Å². The molecule has 0 bridgehead atoms. The molecular weight excluding hydrogens is 371 g/mol. The van der Waals surface area contributed by atoms with Gasteiger partial charge in [0.25, 0.3) is 5.71 Å². The van der Waals surface area contributed by atoms with E-state index in [1.54, 1.807) is 13.8 Å². The van der Waals surface area contributed by atoms with Crippen molar-refractivity contribution in [1.29, 1.82) is 0 Å². The van der Waals surface area contributed by atoms with Gasteiger partial charge in [0.15, 0.2) is 0 Å². The van der Waals surface area contributed by atoms with Crippen molar-refractivity contribution in [3.8, 4) is 0 Å². The Morgan fingerprint density at radius 1 is 1.29 bits per heavy atom. The Morgan fingerprint density at radius 3 is 2.46 bits per heavy atom. The summed E-state index contributed by atoms with van der Waals surface area (Å²) in [6.45, 7) is 6.73. The highest BCUT2D eigenvalue weighted by Gasteiger charge is 2.43.